The standard InChI is InChI=1S/C19H18N6O5S4/c1-8-10(34-7-21-8)3-4-31-11-6-32-17-13(16(27)25(17)14(11)18(28)29)23-15(26)12(24-30-2)9-5-33-19(20)22-9/h3-5,7,13,17H,6H2,1-2H3,(H2,20,22)(H,23,26)(H,28,29)/b4-3-,24-12-/t13-,17-/m1/s1. The summed E-state index contributed by atoms with van der Waals surface area (Å²) in [5, 5.41) is 19.2. The van der Waals surface area contributed by atoms with Crippen LogP contribution in [-0.2, 0) is 19.2 Å². The van der Waals surface area contributed by atoms with Crippen molar-refractivity contribution in [3.63, 3.8) is 0 Å². The number of aryl methyl sites for hydroxylation is 1. The molecule has 34 heavy (non-hydrogen) atoms. The number of hydrogen-bond donors (Lipinski definition) is 3. The SMILES string of the molecule is CO/N=C(\C(=O)N[C@@H]1C(=O)N2C(C(=O)O)=C(S/C=C\c3scnc3C)CS[C@H]12)c1csc(N)n1. The molecule has 2 atom stereocenters. The third kappa shape index (κ3) is 4.68. The number of oxime groups is 1. The van der Waals surface area contributed by atoms with E-state index in [1.54, 1.807) is 16.3 Å². The summed E-state index contributed by atoms with van der Waals surface area (Å²) in [6.45, 7) is 1.89. The number of aliphatic carboxylic acids is 1. The number of carboxylic acid groups (broad SMARTS) is 1. The summed E-state index contributed by atoms with van der Waals surface area (Å²) in [4.78, 5) is 53.4. The quantitative estimate of drug-likeness (QED) is 0.257. The third-order valence-electron chi connectivity index (χ3n) is 4.80. The molecule has 0 aliphatic carbocycles. The van der Waals surface area contributed by atoms with Gasteiger partial charge in [-0.2, -0.15) is 0 Å². The molecule has 11 nitrogen and oxygen atoms in total. The minimum atomic E-state index is -1.20. The van der Waals surface area contributed by atoms with Gasteiger partial charge in [0.1, 0.15) is 29.9 Å². The van der Waals surface area contributed by atoms with Crippen molar-refractivity contribution >= 4 is 80.9 Å². The van der Waals surface area contributed by atoms with E-state index in [2.05, 4.69) is 20.4 Å². The molecule has 2 aromatic rings. The number of thioether (sulfide) groups is 2. The van der Waals surface area contributed by atoms with Gasteiger partial charge >= 0.3 is 5.97 Å². The van der Waals surface area contributed by atoms with Gasteiger partial charge in [-0.05, 0) is 18.4 Å². The summed E-state index contributed by atoms with van der Waals surface area (Å²) in [6.07, 6.45) is 1.86. The molecule has 15 heteroatoms. The van der Waals surface area contributed by atoms with Gasteiger partial charge in [0.15, 0.2) is 10.8 Å². The maximum atomic E-state index is 12.9. The number of nitrogens with zero attached hydrogens (tertiary/aromatic N) is 4. The van der Waals surface area contributed by atoms with E-state index in [1.165, 1.54) is 46.9 Å². The van der Waals surface area contributed by atoms with Crippen molar-refractivity contribution in [3.05, 3.63) is 43.2 Å². The molecule has 4 rings (SSSR count). The van der Waals surface area contributed by atoms with Crippen LogP contribution >= 0.6 is 46.2 Å². The Hall–Kier alpha value is -2.88. The molecule has 0 spiro atoms. The van der Waals surface area contributed by atoms with Gasteiger partial charge < -0.3 is 21.0 Å². The molecule has 1 fully saturated rings. The molecule has 4 N–H and O–H groups in total. The number of amides is 2. The zero-order valence-electron chi connectivity index (χ0n) is 17.8. The molecule has 2 aromatic heterocycles. The van der Waals surface area contributed by atoms with Crippen molar-refractivity contribution in [2.75, 3.05) is 18.6 Å². The van der Waals surface area contributed by atoms with Gasteiger partial charge in [-0.15, -0.1) is 34.4 Å². The Morgan fingerprint density at radius 3 is 2.85 bits per heavy atom. The van der Waals surface area contributed by atoms with Gasteiger partial charge in [0.05, 0.1) is 16.1 Å². The van der Waals surface area contributed by atoms with E-state index in [0.717, 1.165) is 21.9 Å². The second-order valence-corrected chi connectivity index (χ2v) is 10.7. The average Bonchev–Trinajstić information content (AvgIpc) is 3.42. The molecule has 2 aliphatic rings. The van der Waals surface area contributed by atoms with Crippen molar-refractivity contribution in [1.29, 1.82) is 0 Å². The van der Waals surface area contributed by atoms with Crippen LogP contribution in [0.3, 0.4) is 0 Å². The fraction of sp³-hybridized carbons (Fsp3) is 0.263. The fourth-order valence-corrected chi connectivity index (χ4v) is 6.90. The number of nitrogens with one attached hydrogen (secondary N) is 1. The first-order valence-electron chi connectivity index (χ1n) is 9.59. The molecule has 2 amide bonds. The van der Waals surface area contributed by atoms with Gasteiger partial charge in [0.25, 0.3) is 11.8 Å². The number of carbonyl (C=O) groups is 3. The number of thiazole rings is 2. The summed E-state index contributed by atoms with van der Waals surface area (Å²) in [5.41, 5.74) is 8.27. The van der Waals surface area contributed by atoms with E-state index < -0.39 is 29.2 Å². The van der Waals surface area contributed by atoms with Crippen LogP contribution in [0.1, 0.15) is 16.3 Å². The lowest BCUT2D eigenvalue weighted by molar-refractivity contribution is -0.150. The van der Waals surface area contributed by atoms with Crippen LogP contribution in [0.5, 0.6) is 0 Å². The minimum absolute atomic E-state index is 0.0759. The highest BCUT2D eigenvalue weighted by molar-refractivity contribution is 8.08. The Bertz CT molecular complexity index is 1240. The lowest BCUT2D eigenvalue weighted by Gasteiger charge is -2.49. The number of β-lactam (4-membered cyclic amide) rings is 1. The maximum Gasteiger partial charge on any atom is 0.353 e. The molecule has 0 saturated carbocycles. The highest BCUT2D eigenvalue weighted by atomic mass is 32.2. The Labute approximate surface area is 210 Å². The second-order valence-electron chi connectivity index (χ2n) is 6.85. The van der Waals surface area contributed by atoms with Gasteiger partial charge in [0.2, 0.25) is 0 Å². The molecule has 0 radical (unpaired) electrons. The van der Waals surface area contributed by atoms with Crippen LogP contribution in [0, 0.1) is 6.92 Å². The van der Waals surface area contributed by atoms with Crippen LogP contribution in [0.4, 0.5) is 5.13 Å². The number of nitrogen functional groups attached to an aromatic ring is 1. The zero-order valence-corrected chi connectivity index (χ0v) is 21.0. The summed E-state index contributed by atoms with van der Waals surface area (Å²) in [5.74, 6) is -2.01. The number of anilines is 1. The van der Waals surface area contributed by atoms with Gasteiger partial charge in [-0.25, -0.2) is 14.8 Å². The minimum Gasteiger partial charge on any atom is -0.477 e. The number of carboxylic acids is 1. The number of fused-ring (bicyclic) bond motifs is 1. The molecule has 0 unspecified atom stereocenters. The van der Waals surface area contributed by atoms with Crippen molar-refractivity contribution in [1.82, 2.24) is 20.2 Å². The third-order valence-corrected chi connectivity index (χ3v) is 8.72. The van der Waals surface area contributed by atoms with Crippen molar-refractivity contribution < 1.29 is 24.3 Å². The van der Waals surface area contributed by atoms with Crippen LogP contribution < -0.4 is 11.1 Å². The van der Waals surface area contributed by atoms with Crippen molar-refractivity contribution in [2.45, 2.75) is 18.3 Å². The summed E-state index contributed by atoms with van der Waals surface area (Å²) in [7, 11) is 1.28. The number of aromatic nitrogens is 2. The van der Waals surface area contributed by atoms with Gasteiger partial charge in [0, 0.05) is 16.0 Å². The molecule has 0 aromatic carbocycles. The van der Waals surface area contributed by atoms with E-state index in [1.807, 2.05) is 13.0 Å². The Balaban J connectivity index is 1.49. The maximum absolute atomic E-state index is 12.9. The number of rotatable bonds is 8. The molecule has 0 bridgehead atoms. The van der Waals surface area contributed by atoms with Crippen molar-refractivity contribution in [3.8, 4) is 0 Å². The highest BCUT2D eigenvalue weighted by Crippen LogP contribution is 2.43. The van der Waals surface area contributed by atoms with Crippen molar-refractivity contribution in [2.24, 2.45) is 5.16 Å². The molecule has 1 saturated heterocycles. The lowest BCUT2D eigenvalue weighted by Crippen LogP contribution is -2.71. The predicted octanol–water partition coefficient (Wildman–Crippen LogP) is 1.94. The van der Waals surface area contributed by atoms with E-state index in [4.69, 9.17) is 10.6 Å². The first-order valence-corrected chi connectivity index (χ1v) is 13.3. The summed E-state index contributed by atoms with van der Waals surface area (Å²) >= 11 is 5.24. The lowest BCUT2D eigenvalue weighted by atomic mass is 10.0. The normalized spacial score (nSPS) is 20.4. The Morgan fingerprint density at radius 2 is 2.24 bits per heavy atom. The van der Waals surface area contributed by atoms with Crippen LogP contribution in [-0.4, -0.2) is 67.7 Å². The highest BCUT2D eigenvalue weighted by Gasteiger charge is 2.54. The van der Waals surface area contributed by atoms with E-state index in [0.29, 0.717) is 10.7 Å². The van der Waals surface area contributed by atoms with E-state index >= 15 is 0 Å². The second kappa shape index (κ2) is 10.2. The molecular weight excluding hydrogens is 521 g/mol. The molecular formula is C19H18N6O5S4. The number of carbonyl (C=O) groups excluding carboxylic acids is 2. The van der Waals surface area contributed by atoms with E-state index in [9.17, 15) is 19.5 Å². The first-order chi connectivity index (χ1) is 16.3. The fourth-order valence-electron chi connectivity index (χ4n) is 3.23. The van der Waals surface area contributed by atoms with Crippen LogP contribution in [0.15, 0.2) is 32.1 Å². The van der Waals surface area contributed by atoms with E-state index in [-0.39, 0.29) is 22.2 Å². The monoisotopic (exact) mass is 538 g/mol. The molecule has 4 heterocycles. The molecule has 178 valence electrons. The van der Waals surface area contributed by atoms with Crippen LogP contribution in [0.2, 0.25) is 0 Å². The van der Waals surface area contributed by atoms with Crippen LogP contribution in [0.25, 0.3) is 6.08 Å². The van der Waals surface area contributed by atoms with Gasteiger partial charge in [-0.3, -0.25) is 14.5 Å². The first kappa shape index (κ1) is 24.3. The summed E-state index contributed by atoms with van der Waals surface area (Å²) < 4.78 is 0. The molecule has 2 aliphatic heterocycles. The predicted molar refractivity (Wildman–Crippen MR) is 133 cm³/mol. The number of nitrogens with two attached hydrogens (primary N) is 1. The average molecular weight is 539 g/mol. The smallest absolute Gasteiger partial charge is 0.353 e. The Kier molecular flexibility index (Phi) is 7.25. The van der Waals surface area contributed by atoms with Gasteiger partial charge in [-0.1, -0.05) is 16.9 Å². The summed E-state index contributed by atoms with van der Waals surface area (Å²) in [6, 6.07) is -0.910. The largest absolute Gasteiger partial charge is 0.477 e. The Morgan fingerprint density at radius 1 is 1.44 bits per heavy atom. The zero-order chi connectivity index (χ0) is 24.4. The topological polar surface area (TPSA) is 160 Å². The number of hydrogen-bond acceptors (Lipinski definition) is 12.